The van der Waals surface area contributed by atoms with Crippen molar-refractivity contribution in [2.45, 2.75) is 6.10 Å². The number of aliphatic hydroxyl groups excluding tert-OH is 1. The number of ether oxygens (including phenoxy) is 1. The molecule has 0 amide bonds. The second-order valence-corrected chi connectivity index (χ2v) is 8.09. The number of benzene rings is 1. The summed E-state index contributed by atoms with van der Waals surface area (Å²) in [7, 11) is -1.39. The molecule has 0 saturated carbocycles. The smallest absolute Gasteiger partial charge is 0.208 e. The van der Waals surface area contributed by atoms with Gasteiger partial charge in [0.25, 0.3) is 0 Å². The van der Waals surface area contributed by atoms with E-state index in [1.807, 2.05) is 4.90 Å². The number of nitrogens with zero attached hydrogens (tertiary/aromatic N) is 1. The number of aliphatic hydroxyl groups is 1. The van der Waals surface area contributed by atoms with Crippen LogP contribution in [0.5, 0.6) is 5.75 Å². The van der Waals surface area contributed by atoms with E-state index < -0.39 is 16.1 Å². The van der Waals surface area contributed by atoms with Gasteiger partial charge in [-0.15, -0.1) is 0 Å². The van der Waals surface area contributed by atoms with Gasteiger partial charge in [0.1, 0.15) is 18.5 Å². The average molecular weight is 416 g/mol. The lowest BCUT2D eigenvalue weighted by molar-refractivity contribution is 0.0767. The van der Waals surface area contributed by atoms with Crippen LogP contribution in [0.25, 0.3) is 0 Å². The van der Waals surface area contributed by atoms with E-state index in [1.54, 1.807) is 25.2 Å². The van der Waals surface area contributed by atoms with E-state index in [0.717, 1.165) is 10.7 Å². The molecule has 126 valence electrons. The summed E-state index contributed by atoms with van der Waals surface area (Å²) in [5, 5.41) is 10.5. The molecule has 0 saturated heterocycles. The molecule has 22 heavy (non-hydrogen) atoms. The maximum atomic E-state index is 10.9. The van der Waals surface area contributed by atoms with Crippen molar-refractivity contribution in [1.82, 2.24) is 9.62 Å². The fourth-order valence-corrected chi connectivity index (χ4v) is 2.96. The van der Waals surface area contributed by atoms with Crippen LogP contribution in [0, 0.1) is 0 Å². The molecule has 6 nitrogen and oxygen atoms in total. The summed E-state index contributed by atoms with van der Waals surface area (Å²) in [6.45, 7) is 1.29. The van der Waals surface area contributed by atoms with Gasteiger partial charge in [-0.05, 0) is 41.2 Å². The first-order valence-corrected chi connectivity index (χ1v) is 9.62. The fourth-order valence-electron chi connectivity index (χ4n) is 1.70. The van der Waals surface area contributed by atoms with Crippen LogP contribution in [-0.2, 0) is 10.0 Å². The van der Waals surface area contributed by atoms with Crippen molar-refractivity contribution in [3.8, 4) is 5.75 Å². The van der Waals surface area contributed by atoms with E-state index in [2.05, 4.69) is 20.7 Å². The van der Waals surface area contributed by atoms with Gasteiger partial charge in [-0.3, -0.25) is 0 Å². The number of hydrogen-bond donors (Lipinski definition) is 2. The molecule has 1 rings (SSSR count). The van der Waals surface area contributed by atoms with Crippen molar-refractivity contribution >= 4 is 37.6 Å². The summed E-state index contributed by atoms with van der Waals surface area (Å²) < 4.78 is 30.5. The van der Waals surface area contributed by atoms with Crippen molar-refractivity contribution in [2.75, 3.05) is 39.5 Å². The second kappa shape index (κ2) is 9.05. The Kier molecular flexibility index (Phi) is 8.09. The Hall–Kier alpha value is -0.380. The summed E-state index contributed by atoms with van der Waals surface area (Å²) >= 11 is 9.17. The predicted octanol–water partition coefficient (Wildman–Crippen LogP) is 1.32. The molecule has 0 bridgehead atoms. The monoisotopic (exact) mass is 414 g/mol. The third-order valence-corrected chi connectivity index (χ3v) is 4.29. The molecule has 1 atom stereocenters. The molecule has 0 aliphatic carbocycles. The van der Waals surface area contributed by atoms with Crippen molar-refractivity contribution in [3.63, 3.8) is 0 Å². The van der Waals surface area contributed by atoms with Crippen LogP contribution in [0.3, 0.4) is 0 Å². The fraction of sp³-hybridized carbons (Fsp3) is 0.538. The zero-order valence-corrected chi connectivity index (χ0v) is 15.6. The van der Waals surface area contributed by atoms with Gasteiger partial charge in [-0.25, -0.2) is 13.1 Å². The molecular formula is C13H20BrClN2O4S. The molecule has 1 unspecified atom stereocenters. The summed E-state index contributed by atoms with van der Waals surface area (Å²) in [4.78, 5) is 1.82. The molecule has 9 heteroatoms. The maximum absolute atomic E-state index is 10.9. The van der Waals surface area contributed by atoms with E-state index in [0.29, 0.717) is 30.4 Å². The number of halogens is 2. The Morgan fingerprint density at radius 2 is 2.18 bits per heavy atom. The Labute approximate surface area is 144 Å². The van der Waals surface area contributed by atoms with Crippen molar-refractivity contribution in [1.29, 1.82) is 0 Å². The van der Waals surface area contributed by atoms with Gasteiger partial charge in [-0.2, -0.15) is 0 Å². The lowest BCUT2D eigenvalue weighted by atomic mass is 10.3. The number of sulfonamides is 1. The molecule has 0 fully saturated rings. The summed E-state index contributed by atoms with van der Waals surface area (Å²) in [6, 6.07) is 5.14. The highest BCUT2D eigenvalue weighted by atomic mass is 79.9. The van der Waals surface area contributed by atoms with Crippen LogP contribution in [0.2, 0.25) is 5.02 Å². The third kappa shape index (κ3) is 8.30. The Bertz CT molecular complexity index is 585. The molecule has 0 aliphatic heterocycles. The normalized spacial score (nSPS) is 13.4. The Morgan fingerprint density at radius 3 is 2.77 bits per heavy atom. The molecule has 0 aromatic heterocycles. The van der Waals surface area contributed by atoms with Crippen LogP contribution >= 0.6 is 27.5 Å². The van der Waals surface area contributed by atoms with Gasteiger partial charge >= 0.3 is 0 Å². The van der Waals surface area contributed by atoms with Crippen molar-refractivity contribution in [3.05, 3.63) is 27.7 Å². The summed E-state index contributed by atoms with van der Waals surface area (Å²) in [6.07, 6.45) is 0.422. The lowest BCUT2D eigenvalue weighted by Gasteiger charge is -2.21. The molecular weight excluding hydrogens is 396 g/mol. The number of nitrogens with one attached hydrogen (secondary N) is 1. The van der Waals surface area contributed by atoms with Crippen LogP contribution in [0.15, 0.2) is 22.7 Å². The third-order valence-electron chi connectivity index (χ3n) is 2.71. The van der Waals surface area contributed by atoms with Crippen LogP contribution < -0.4 is 9.46 Å². The minimum Gasteiger partial charge on any atom is -0.490 e. The average Bonchev–Trinajstić information content (AvgIpc) is 2.36. The SMILES string of the molecule is CN(CCNS(C)(=O)=O)CC(O)COc1ccc(Cl)cc1Br. The first-order valence-electron chi connectivity index (χ1n) is 6.56. The van der Waals surface area contributed by atoms with E-state index in [-0.39, 0.29) is 6.61 Å². The Balaban J connectivity index is 2.31. The molecule has 1 aromatic rings. The molecule has 0 aliphatic rings. The topological polar surface area (TPSA) is 78.9 Å². The van der Waals surface area contributed by atoms with Gasteiger partial charge in [-0.1, -0.05) is 11.6 Å². The Morgan fingerprint density at radius 1 is 1.50 bits per heavy atom. The van der Waals surface area contributed by atoms with Gasteiger partial charge < -0.3 is 14.7 Å². The number of likely N-dealkylation sites (N-methyl/N-ethyl adjacent to an activating group) is 1. The first-order chi connectivity index (χ1) is 10.2. The highest BCUT2D eigenvalue weighted by Crippen LogP contribution is 2.27. The number of rotatable bonds is 9. The largest absolute Gasteiger partial charge is 0.490 e. The zero-order valence-electron chi connectivity index (χ0n) is 12.4. The van der Waals surface area contributed by atoms with Gasteiger partial charge in [0.05, 0.1) is 10.7 Å². The standard InChI is InChI=1S/C13H20BrClN2O4S/c1-17(6-5-16-22(2,19)20)8-11(18)9-21-13-4-3-10(15)7-12(13)14/h3-4,7,11,16,18H,5-6,8-9H2,1-2H3. The number of hydrogen-bond acceptors (Lipinski definition) is 5. The predicted molar refractivity (Wildman–Crippen MR) is 91.0 cm³/mol. The van der Waals surface area contributed by atoms with Crippen LogP contribution in [-0.4, -0.2) is 64.1 Å². The minimum absolute atomic E-state index is 0.129. The quantitative estimate of drug-likeness (QED) is 0.636. The highest BCUT2D eigenvalue weighted by Gasteiger charge is 2.11. The van der Waals surface area contributed by atoms with E-state index >= 15 is 0 Å². The summed E-state index contributed by atoms with van der Waals surface area (Å²) in [5.74, 6) is 0.602. The van der Waals surface area contributed by atoms with Gasteiger partial charge in [0.15, 0.2) is 0 Å². The lowest BCUT2D eigenvalue weighted by Crippen LogP contribution is -2.38. The maximum Gasteiger partial charge on any atom is 0.208 e. The van der Waals surface area contributed by atoms with Crippen LogP contribution in [0.1, 0.15) is 0 Å². The van der Waals surface area contributed by atoms with Gasteiger partial charge in [0.2, 0.25) is 10.0 Å². The van der Waals surface area contributed by atoms with Crippen molar-refractivity contribution in [2.24, 2.45) is 0 Å². The molecule has 0 spiro atoms. The first kappa shape index (κ1) is 19.7. The second-order valence-electron chi connectivity index (χ2n) is 4.97. The van der Waals surface area contributed by atoms with E-state index in [4.69, 9.17) is 16.3 Å². The summed E-state index contributed by atoms with van der Waals surface area (Å²) in [5.41, 5.74) is 0. The minimum atomic E-state index is -3.18. The molecule has 2 N–H and O–H groups in total. The van der Waals surface area contributed by atoms with E-state index in [9.17, 15) is 13.5 Å². The van der Waals surface area contributed by atoms with Gasteiger partial charge in [0, 0.05) is 24.7 Å². The zero-order chi connectivity index (χ0) is 16.8. The molecule has 0 heterocycles. The molecule has 0 radical (unpaired) electrons. The van der Waals surface area contributed by atoms with Crippen molar-refractivity contribution < 1.29 is 18.3 Å². The van der Waals surface area contributed by atoms with Crippen LogP contribution in [0.4, 0.5) is 0 Å². The molecule has 1 aromatic carbocycles. The van der Waals surface area contributed by atoms with E-state index in [1.165, 1.54) is 0 Å². The highest BCUT2D eigenvalue weighted by molar-refractivity contribution is 9.10.